The van der Waals surface area contributed by atoms with Gasteiger partial charge < -0.3 is 19.3 Å². The van der Waals surface area contributed by atoms with Crippen molar-refractivity contribution in [1.29, 1.82) is 0 Å². The summed E-state index contributed by atoms with van der Waals surface area (Å²) < 4.78 is 42.2. The van der Waals surface area contributed by atoms with Gasteiger partial charge in [0.25, 0.3) is 15.9 Å². The Morgan fingerprint density at radius 2 is 1.75 bits per heavy atom. The first-order chi connectivity index (χ1) is 24.3. The van der Waals surface area contributed by atoms with Crippen LogP contribution in [0.4, 0.5) is 11.8 Å². The number of sulfonamides is 1. The number of hydrogen-bond acceptors (Lipinski definition) is 10. The molecule has 3 aliphatic rings. The van der Waals surface area contributed by atoms with Crippen LogP contribution in [0.2, 0.25) is 0 Å². The third-order valence-electron chi connectivity index (χ3n) is 10.2. The first-order valence-corrected chi connectivity index (χ1v) is 18.9. The molecule has 51 heavy (non-hydrogen) atoms. The predicted molar refractivity (Wildman–Crippen MR) is 194 cm³/mol. The Kier molecular flexibility index (Phi) is 9.21. The summed E-state index contributed by atoms with van der Waals surface area (Å²) in [5.74, 6) is 1.53. The van der Waals surface area contributed by atoms with Crippen LogP contribution in [-0.2, 0) is 21.3 Å². The Labute approximate surface area is 299 Å². The van der Waals surface area contributed by atoms with Crippen LogP contribution in [-0.4, -0.2) is 78.1 Å². The van der Waals surface area contributed by atoms with Crippen molar-refractivity contribution in [3.63, 3.8) is 0 Å². The van der Waals surface area contributed by atoms with Crippen LogP contribution in [0.5, 0.6) is 5.88 Å². The van der Waals surface area contributed by atoms with Gasteiger partial charge in [0.05, 0.1) is 47.9 Å². The zero-order valence-corrected chi connectivity index (χ0v) is 30.8. The number of carbonyl (C=O) groups excluding carboxylic acids is 1. The van der Waals surface area contributed by atoms with Crippen LogP contribution in [0.1, 0.15) is 60.8 Å². The summed E-state index contributed by atoms with van der Waals surface area (Å²) in [6.45, 7) is 12.1. The molecule has 2 aromatic heterocycles. The second-order valence-electron chi connectivity index (χ2n) is 15.2. The largest absolute Gasteiger partial charge is 0.475 e. The molecule has 4 bridgehead atoms. The molecule has 4 atom stereocenters. The molecule has 4 aromatic rings. The number of ether oxygens (including phenoxy) is 2. The highest BCUT2D eigenvalue weighted by Gasteiger charge is 2.47. The van der Waals surface area contributed by atoms with E-state index in [1.165, 1.54) is 12.1 Å². The molecule has 12 nitrogen and oxygen atoms in total. The molecule has 2 aromatic carbocycles. The number of aromatic nitrogens is 4. The Hall–Kier alpha value is -4.62. The van der Waals surface area contributed by atoms with E-state index in [0.29, 0.717) is 35.7 Å². The second kappa shape index (κ2) is 13.5. The minimum absolute atomic E-state index is 0.0819. The van der Waals surface area contributed by atoms with E-state index < -0.39 is 16.1 Å². The van der Waals surface area contributed by atoms with Gasteiger partial charge in [0.2, 0.25) is 11.8 Å². The van der Waals surface area contributed by atoms with E-state index in [4.69, 9.17) is 14.5 Å². The van der Waals surface area contributed by atoms with Crippen molar-refractivity contribution in [1.82, 2.24) is 24.8 Å². The molecule has 0 radical (unpaired) electrons. The molecule has 1 N–H and O–H groups in total. The number of hydrogen-bond donors (Lipinski definition) is 1. The summed E-state index contributed by atoms with van der Waals surface area (Å²) in [6.07, 6.45) is 5.06. The smallest absolute Gasteiger partial charge is 0.264 e. The highest BCUT2D eigenvalue weighted by Crippen LogP contribution is 2.43. The van der Waals surface area contributed by atoms with Gasteiger partial charge in [-0.1, -0.05) is 45.0 Å². The molecular formula is C38H45N7O5S. The number of nitrogens with zero attached hydrogens (tertiary/aromatic N) is 6. The number of fused-ring (bicyclic) bond motifs is 5. The van der Waals surface area contributed by atoms with Crippen molar-refractivity contribution in [3.8, 4) is 17.1 Å². The number of anilines is 2. The first-order valence-electron chi connectivity index (χ1n) is 17.4. The highest BCUT2D eigenvalue weighted by molar-refractivity contribution is 7.92. The monoisotopic (exact) mass is 711 g/mol. The van der Waals surface area contributed by atoms with Gasteiger partial charge >= 0.3 is 0 Å². The normalized spacial score (nSPS) is 22.7. The average Bonchev–Trinajstić information content (AvgIpc) is 3.44. The Bertz CT molecular complexity index is 2050. The second-order valence-corrected chi connectivity index (χ2v) is 16.9. The van der Waals surface area contributed by atoms with Gasteiger partial charge in [-0.05, 0) is 67.3 Å². The standard InChI is InChI=1S/C38H45N7O5S/c1-23-9-7-10-24(2)35(23)31-15-34-42-37(41-31)43-51(47,48)29-12-8-11-25(13-29)36(46)45(28(21-50-34)16-38(3,4)5)19-27-17-39-18-33(40-27)44(6)32-14-26-20-49-22-30(26)32/h7-13,15,17-18,26,28,30,32H,14,16,19-22H2,1-6H3,(H,41,42,43)/t26-,28+,30+,32-/m0/s1. The summed E-state index contributed by atoms with van der Waals surface area (Å²) in [5, 5.41) is 0. The lowest BCUT2D eigenvalue weighted by molar-refractivity contribution is 0.0509. The molecule has 0 spiro atoms. The lowest BCUT2D eigenvalue weighted by Gasteiger charge is -2.44. The van der Waals surface area contributed by atoms with E-state index in [1.54, 1.807) is 35.5 Å². The molecule has 7 rings (SSSR count). The van der Waals surface area contributed by atoms with Crippen molar-refractivity contribution in [2.24, 2.45) is 17.3 Å². The van der Waals surface area contributed by atoms with E-state index in [9.17, 15) is 13.2 Å². The van der Waals surface area contributed by atoms with Crippen molar-refractivity contribution in [3.05, 3.63) is 83.3 Å². The summed E-state index contributed by atoms with van der Waals surface area (Å²) in [5.41, 5.74) is 3.97. The molecule has 1 saturated heterocycles. The molecule has 0 unspecified atom stereocenters. The minimum Gasteiger partial charge on any atom is -0.475 e. The average molecular weight is 712 g/mol. The van der Waals surface area contributed by atoms with Crippen LogP contribution < -0.4 is 14.4 Å². The maximum absolute atomic E-state index is 14.6. The zero-order chi connectivity index (χ0) is 36.1. The van der Waals surface area contributed by atoms with Crippen LogP contribution in [0.3, 0.4) is 0 Å². The number of amides is 1. The summed E-state index contributed by atoms with van der Waals surface area (Å²) in [6, 6.07) is 13.6. The summed E-state index contributed by atoms with van der Waals surface area (Å²) >= 11 is 0. The Balaban J connectivity index is 1.29. The SMILES string of the molecule is Cc1cccc(C)c1-c1cc2nc(n1)NS(=O)(=O)c1cccc(c1)C(=O)N(Cc1cncc(N(C)[C@H]3C[C@H]4COC[C@H]43)n1)[C@H](CC(C)(C)C)CO2. The van der Waals surface area contributed by atoms with Crippen molar-refractivity contribution >= 4 is 27.7 Å². The molecule has 1 amide bonds. The van der Waals surface area contributed by atoms with Gasteiger partial charge in [-0.2, -0.15) is 4.98 Å². The van der Waals surface area contributed by atoms with E-state index in [2.05, 4.69) is 45.3 Å². The van der Waals surface area contributed by atoms with Crippen molar-refractivity contribution < 1.29 is 22.7 Å². The third kappa shape index (κ3) is 7.27. The van der Waals surface area contributed by atoms with Crippen LogP contribution >= 0.6 is 0 Å². The van der Waals surface area contributed by atoms with Gasteiger partial charge in [0.15, 0.2) is 0 Å². The van der Waals surface area contributed by atoms with Crippen LogP contribution in [0.15, 0.2) is 65.8 Å². The van der Waals surface area contributed by atoms with Gasteiger partial charge in [0, 0.05) is 42.8 Å². The van der Waals surface area contributed by atoms with Gasteiger partial charge in [-0.15, -0.1) is 0 Å². The van der Waals surface area contributed by atoms with Crippen LogP contribution in [0, 0.1) is 31.1 Å². The molecule has 2 fully saturated rings. The third-order valence-corrected chi connectivity index (χ3v) is 11.5. The first kappa shape index (κ1) is 34.8. The molecule has 13 heteroatoms. The number of benzene rings is 2. The summed E-state index contributed by atoms with van der Waals surface area (Å²) in [4.78, 5) is 37.1. The quantitative estimate of drug-likeness (QED) is 0.267. The van der Waals surface area contributed by atoms with Crippen LogP contribution in [0.25, 0.3) is 11.3 Å². The van der Waals surface area contributed by atoms with Gasteiger partial charge in [-0.25, -0.2) is 23.1 Å². The molecule has 268 valence electrons. The van der Waals surface area contributed by atoms with Gasteiger partial charge in [0.1, 0.15) is 12.4 Å². The van der Waals surface area contributed by atoms with E-state index >= 15 is 0 Å². The van der Waals surface area contributed by atoms with E-state index in [1.807, 2.05) is 39.1 Å². The van der Waals surface area contributed by atoms with Gasteiger partial charge in [-0.3, -0.25) is 9.78 Å². The molecule has 2 aliphatic heterocycles. The Morgan fingerprint density at radius 3 is 2.49 bits per heavy atom. The number of nitrogens with one attached hydrogen (secondary N) is 1. The topological polar surface area (TPSA) is 140 Å². The lowest BCUT2D eigenvalue weighted by Crippen LogP contribution is -2.51. The fourth-order valence-electron chi connectivity index (χ4n) is 7.55. The number of rotatable bonds is 6. The fraction of sp³-hybridized carbons (Fsp3) is 0.447. The maximum Gasteiger partial charge on any atom is 0.264 e. The maximum atomic E-state index is 14.6. The zero-order valence-electron chi connectivity index (χ0n) is 30.0. The Morgan fingerprint density at radius 1 is 0.980 bits per heavy atom. The molecule has 1 saturated carbocycles. The van der Waals surface area contributed by atoms with Crippen molar-refractivity contribution in [2.45, 2.75) is 71.0 Å². The molecular weight excluding hydrogens is 667 g/mol. The fourth-order valence-corrected chi connectivity index (χ4v) is 8.54. The van der Waals surface area contributed by atoms with E-state index in [-0.39, 0.29) is 46.8 Å². The highest BCUT2D eigenvalue weighted by atomic mass is 32.2. The number of carbonyl (C=O) groups is 1. The molecule has 1 aliphatic carbocycles. The van der Waals surface area contributed by atoms with E-state index in [0.717, 1.165) is 42.1 Å². The number of aryl methyl sites for hydroxylation is 2. The minimum atomic E-state index is -4.18. The predicted octanol–water partition coefficient (Wildman–Crippen LogP) is 5.66. The lowest BCUT2D eigenvalue weighted by atomic mass is 9.71. The van der Waals surface area contributed by atoms with Crippen molar-refractivity contribution in [2.75, 3.05) is 36.5 Å². The molecule has 4 heterocycles. The summed E-state index contributed by atoms with van der Waals surface area (Å²) in [7, 11) is -2.15.